The second-order valence-electron chi connectivity index (χ2n) is 6.84. The Balaban J connectivity index is 2.13. The van der Waals surface area contributed by atoms with E-state index < -0.39 is 5.54 Å². The minimum Gasteiger partial charge on any atom is -0.409 e. The lowest BCUT2D eigenvalue weighted by Gasteiger charge is -2.36. The van der Waals surface area contributed by atoms with Crippen LogP contribution in [0.25, 0.3) is 0 Å². The van der Waals surface area contributed by atoms with Crippen LogP contribution < -0.4 is 11.1 Å². The van der Waals surface area contributed by atoms with Gasteiger partial charge >= 0.3 is 0 Å². The van der Waals surface area contributed by atoms with Gasteiger partial charge < -0.3 is 16.3 Å². The third-order valence-corrected chi connectivity index (χ3v) is 5.37. The van der Waals surface area contributed by atoms with E-state index in [0.717, 1.165) is 57.8 Å². The lowest BCUT2D eigenvalue weighted by molar-refractivity contribution is -0.127. The lowest BCUT2D eigenvalue weighted by atomic mass is 9.82. The van der Waals surface area contributed by atoms with Gasteiger partial charge in [0.25, 0.3) is 0 Å². The van der Waals surface area contributed by atoms with E-state index in [-0.39, 0.29) is 17.7 Å². The minimum absolute atomic E-state index is 0.0822. The molecule has 0 bridgehead atoms. The van der Waals surface area contributed by atoms with Crippen LogP contribution in [0.2, 0.25) is 0 Å². The summed E-state index contributed by atoms with van der Waals surface area (Å²) in [5.41, 5.74) is 5.33. The second-order valence-corrected chi connectivity index (χ2v) is 6.84. The van der Waals surface area contributed by atoms with Crippen LogP contribution in [0.1, 0.15) is 71.1 Å². The van der Waals surface area contributed by atoms with Crippen LogP contribution in [-0.4, -0.2) is 22.5 Å². The topological polar surface area (TPSA) is 87.7 Å². The van der Waals surface area contributed by atoms with Crippen LogP contribution in [0.5, 0.6) is 0 Å². The Morgan fingerprint density at radius 1 is 1.14 bits per heavy atom. The van der Waals surface area contributed by atoms with Crippen LogP contribution in [-0.2, 0) is 4.79 Å². The summed E-state index contributed by atoms with van der Waals surface area (Å²) in [4.78, 5) is 12.6. The van der Waals surface area contributed by atoms with Gasteiger partial charge in [0.15, 0.2) is 5.84 Å². The summed E-state index contributed by atoms with van der Waals surface area (Å²) in [5, 5.41) is 15.6. The number of amidine groups is 1. The van der Waals surface area contributed by atoms with Crippen molar-refractivity contribution in [1.29, 1.82) is 0 Å². The van der Waals surface area contributed by atoms with Gasteiger partial charge in [-0.25, -0.2) is 0 Å². The first kappa shape index (κ1) is 16.1. The molecule has 5 heteroatoms. The summed E-state index contributed by atoms with van der Waals surface area (Å²) >= 11 is 0. The van der Waals surface area contributed by atoms with Crippen LogP contribution in [0, 0.1) is 11.8 Å². The van der Waals surface area contributed by atoms with Gasteiger partial charge in [0.1, 0.15) is 5.54 Å². The van der Waals surface area contributed by atoms with Gasteiger partial charge in [-0.2, -0.15) is 0 Å². The van der Waals surface area contributed by atoms with Gasteiger partial charge in [-0.05, 0) is 31.6 Å². The molecule has 2 rings (SSSR count). The molecule has 2 aliphatic rings. The predicted octanol–water partition coefficient (Wildman–Crippen LogP) is 2.77. The highest BCUT2D eigenvalue weighted by atomic mass is 16.4. The quantitative estimate of drug-likeness (QED) is 0.324. The first-order chi connectivity index (χ1) is 10.1. The Morgan fingerprint density at radius 2 is 1.76 bits per heavy atom. The highest BCUT2D eigenvalue weighted by Gasteiger charge is 2.40. The number of hydrogen-bond acceptors (Lipinski definition) is 3. The van der Waals surface area contributed by atoms with E-state index in [1.54, 1.807) is 0 Å². The van der Waals surface area contributed by atoms with Crippen LogP contribution >= 0.6 is 0 Å². The fourth-order valence-electron chi connectivity index (χ4n) is 3.91. The van der Waals surface area contributed by atoms with E-state index in [2.05, 4.69) is 17.4 Å². The van der Waals surface area contributed by atoms with Crippen molar-refractivity contribution in [3.63, 3.8) is 0 Å². The van der Waals surface area contributed by atoms with E-state index in [0.29, 0.717) is 5.92 Å². The minimum atomic E-state index is -0.644. The molecule has 2 saturated carbocycles. The maximum atomic E-state index is 12.6. The number of carbonyl (C=O) groups excluding carboxylic acids is 1. The highest BCUT2D eigenvalue weighted by Crippen LogP contribution is 2.33. The zero-order chi connectivity index (χ0) is 15.3. The number of nitrogens with one attached hydrogen (secondary N) is 1. The zero-order valence-electron chi connectivity index (χ0n) is 13.1. The van der Waals surface area contributed by atoms with E-state index in [4.69, 9.17) is 10.9 Å². The molecule has 21 heavy (non-hydrogen) atoms. The Kier molecular flexibility index (Phi) is 5.48. The molecule has 0 heterocycles. The third kappa shape index (κ3) is 3.69. The number of amides is 1. The van der Waals surface area contributed by atoms with E-state index in [1.165, 1.54) is 6.42 Å². The van der Waals surface area contributed by atoms with Gasteiger partial charge in [0, 0.05) is 5.92 Å². The van der Waals surface area contributed by atoms with Crippen LogP contribution in [0.15, 0.2) is 5.16 Å². The zero-order valence-corrected chi connectivity index (χ0v) is 13.1. The molecule has 2 unspecified atom stereocenters. The monoisotopic (exact) mass is 295 g/mol. The van der Waals surface area contributed by atoms with Gasteiger partial charge in [-0.15, -0.1) is 0 Å². The summed E-state index contributed by atoms with van der Waals surface area (Å²) in [6.07, 6.45) is 10.3. The molecule has 0 spiro atoms. The molecule has 5 nitrogen and oxygen atoms in total. The fraction of sp³-hybridized carbons (Fsp3) is 0.875. The molecular weight excluding hydrogens is 266 g/mol. The molecule has 0 saturated heterocycles. The average Bonchev–Trinajstić information content (AvgIpc) is 2.87. The standard InChI is InChI=1S/C16H29N3O2/c1-12-8-7-9-13(12)14(20)18-16(15(17)19-21)10-5-3-2-4-6-11-16/h12-13,21H,2-11H2,1H3,(H2,17,19)(H,18,20). The van der Waals surface area contributed by atoms with Gasteiger partial charge in [0.2, 0.25) is 5.91 Å². The molecular formula is C16H29N3O2. The van der Waals surface area contributed by atoms with Crippen molar-refractivity contribution in [3.05, 3.63) is 0 Å². The van der Waals surface area contributed by atoms with Crippen molar-refractivity contribution in [3.8, 4) is 0 Å². The first-order valence-corrected chi connectivity index (χ1v) is 8.39. The van der Waals surface area contributed by atoms with Gasteiger partial charge in [-0.3, -0.25) is 4.79 Å². The van der Waals surface area contributed by atoms with E-state index in [1.807, 2.05) is 0 Å². The number of carbonyl (C=O) groups is 1. The number of nitrogens with two attached hydrogens (primary N) is 1. The normalized spacial score (nSPS) is 30.4. The van der Waals surface area contributed by atoms with Crippen LogP contribution in [0.3, 0.4) is 0 Å². The van der Waals surface area contributed by atoms with Crippen molar-refractivity contribution < 1.29 is 10.0 Å². The summed E-state index contributed by atoms with van der Waals surface area (Å²) < 4.78 is 0. The van der Waals surface area contributed by atoms with E-state index in [9.17, 15) is 4.79 Å². The molecule has 2 fully saturated rings. The molecule has 0 aromatic rings. The summed E-state index contributed by atoms with van der Waals surface area (Å²) in [5.74, 6) is 0.775. The molecule has 2 atom stereocenters. The number of oxime groups is 1. The SMILES string of the molecule is CC1CCCC1C(=O)NC1(C(N)=NO)CCCCCCC1. The molecule has 0 aromatic carbocycles. The molecule has 4 N–H and O–H groups in total. The predicted molar refractivity (Wildman–Crippen MR) is 83.1 cm³/mol. The molecule has 0 aliphatic heterocycles. The summed E-state index contributed by atoms with van der Waals surface area (Å²) in [6, 6.07) is 0. The Hall–Kier alpha value is -1.26. The second kappa shape index (κ2) is 7.14. The fourth-order valence-corrected chi connectivity index (χ4v) is 3.91. The van der Waals surface area contributed by atoms with Gasteiger partial charge in [-0.1, -0.05) is 50.6 Å². The van der Waals surface area contributed by atoms with Crippen molar-refractivity contribution in [2.24, 2.45) is 22.7 Å². The molecule has 2 aliphatic carbocycles. The Labute approximate surface area is 127 Å². The lowest BCUT2D eigenvalue weighted by Crippen LogP contribution is -2.59. The maximum absolute atomic E-state index is 12.6. The highest BCUT2D eigenvalue weighted by molar-refractivity contribution is 5.94. The van der Waals surface area contributed by atoms with Crippen LogP contribution in [0.4, 0.5) is 0 Å². The molecule has 0 radical (unpaired) electrons. The summed E-state index contributed by atoms with van der Waals surface area (Å²) in [7, 11) is 0. The number of hydrogen-bond donors (Lipinski definition) is 3. The Bertz CT molecular complexity index is 387. The average molecular weight is 295 g/mol. The third-order valence-electron chi connectivity index (χ3n) is 5.37. The molecule has 120 valence electrons. The molecule has 1 amide bonds. The maximum Gasteiger partial charge on any atom is 0.224 e. The van der Waals surface area contributed by atoms with Crippen molar-refractivity contribution in [2.75, 3.05) is 0 Å². The first-order valence-electron chi connectivity index (χ1n) is 8.39. The van der Waals surface area contributed by atoms with Gasteiger partial charge in [0.05, 0.1) is 0 Å². The van der Waals surface area contributed by atoms with E-state index >= 15 is 0 Å². The summed E-state index contributed by atoms with van der Waals surface area (Å²) in [6.45, 7) is 2.14. The largest absolute Gasteiger partial charge is 0.409 e. The van der Waals surface area contributed by atoms with Crippen molar-refractivity contribution >= 4 is 11.7 Å². The number of nitrogens with zero attached hydrogens (tertiary/aromatic N) is 1. The molecule has 0 aromatic heterocycles. The Morgan fingerprint density at radius 3 is 2.29 bits per heavy atom. The smallest absolute Gasteiger partial charge is 0.224 e. The van der Waals surface area contributed by atoms with Crippen molar-refractivity contribution in [1.82, 2.24) is 5.32 Å². The number of rotatable bonds is 3. The van der Waals surface area contributed by atoms with Crippen molar-refractivity contribution in [2.45, 2.75) is 76.7 Å².